The van der Waals surface area contributed by atoms with Crippen LogP contribution in [0.4, 0.5) is 10.8 Å². The molecule has 7 nitrogen and oxygen atoms in total. The summed E-state index contributed by atoms with van der Waals surface area (Å²) in [5, 5.41) is 12.2. The van der Waals surface area contributed by atoms with E-state index in [4.69, 9.17) is 9.47 Å². The second-order valence-electron chi connectivity index (χ2n) is 6.07. The number of rotatable bonds is 6. The van der Waals surface area contributed by atoms with Crippen LogP contribution in [0, 0.1) is 0 Å². The number of morpholine rings is 1. The van der Waals surface area contributed by atoms with E-state index in [1.54, 1.807) is 7.11 Å². The number of ether oxygens (including phenoxy) is 2. The lowest BCUT2D eigenvalue weighted by Gasteiger charge is -2.35. The maximum Gasteiger partial charge on any atom is 0.233 e. The molecule has 3 rings (SSSR count). The number of nitrogens with zero attached hydrogens (tertiary/aromatic N) is 3. The Kier molecular flexibility index (Phi) is 6.33. The van der Waals surface area contributed by atoms with Crippen LogP contribution in [0.5, 0.6) is 5.75 Å². The molecular weight excluding hydrogens is 372 g/mol. The maximum atomic E-state index is 12.4. The van der Waals surface area contributed by atoms with E-state index in [0.717, 1.165) is 15.8 Å². The maximum absolute atomic E-state index is 12.4. The van der Waals surface area contributed by atoms with Crippen molar-refractivity contribution < 1.29 is 14.3 Å². The van der Waals surface area contributed by atoms with Crippen LogP contribution >= 0.6 is 23.1 Å². The smallest absolute Gasteiger partial charge is 0.233 e. The molecule has 1 amide bonds. The van der Waals surface area contributed by atoms with Crippen LogP contribution in [-0.2, 0) is 9.53 Å². The minimum Gasteiger partial charge on any atom is -0.497 e. The topological polar surface area (TPSA) is 76.6 Å². The fourth-order valence-electron chi connectivity index (χ4n) is 2.71. The lowest BCUT2D eigenvalue weighted by molar-refractivity contribution is -0.140. The van der Waals surface area contributed by atoms with E-state index >= 15 is 0 Å². The molecule has 2 atom stereocenters. The average molecular weight is 395 g/mol. The molecule has 26 heavy (non-hydrogen) atoms. The number of nitrogens with one attached hydrogen (secondary N) is 1. The Morgan fingerprint density at radius 3 is 2.65 bits per heavy atom. The molecule has 2 heterocycles. The minimum absolute atomic E-state index is 0.0783. The van der Waals surface area contributed by atoms with E-state index in [2.05, 4.69) is 15.5 Å². The third kappa shape index (κ3) is 5.09. The van der Waals surface area contributed by atoms with Gasteiger partial charge in [-0.05, 0) is 38.1 Å². The number of carbonyl (C=O) groups is 1. The highest BCUT2D eigenvalue weighted by molar-refractivity contribution is 8.01. The van der Waals surface area contributed by atoms with Crippen molar-refractivity contribution in [3.05, 3.63) is 24.3 Å². The number of anilines is 2. The van der Waals surface area contributed by atoms with Crippen molar-refractivity contribution in [3.8, 4) is 5.75 Å². The molecule has 1 aliphatic heterocycles. The fraction of sp³-hybridized carbons (Fsp3) is 0.471. The number of hydrogen-bond acceptors (Lipinski definition) is 8. The first-order chi connectivity index (χ1) is 12.5. The summed E-state index contributed by atoms with van der Waals surface area (Å²) in [6, 6.07) is 7.58. The zero-order chi connectivity index (χ0) is 18.5. The summed E-state index contributed by atoms with van der Waals surface area (Å²) in [6.07, 6.45) is 0.157. The van der Waals surface area contributed by atoms with Gasteiger partial charge in [0, 0.05) is 18.8 Å². The van der Waals surface area contributed by atoms with Crippen LogP contribution in [0.3, 0.4) is 0 Å². The van der Waals surface area contributed by atoms with Crippen LogP contribution in [0.1, 0.15) is 13.8 Å². The first-order valence-electron chi connectivity index (χ1n) is 8.34. The number of carbonyl (C=O) groups excluding carboxylic acids is 1. The van der Waals surface area contributed by atoms with Gasteiger partial charge in [-0.1, -0.05) is 23.1 Å². The van der Waals surface area contributed by atoms with Crippen LogP contribution in [-0.4, -0.2) is 59.2 Å². The SMILES string of the molecule is COc1ccc(Nc2nnc(SCC(=O)N3C[C@H](C)O[C@@H](C)C3)s2)cc1. The van der Waals surface area contributed by atoms with Crippen LogP contribution < -0.4 is 10.1 Å². The van der Waals surface area contributed by atoms with E-state index in [1.807, 2.05) is 43.0 Å². The number of hydrogen-bond donors (Lipinski definition) is 1. The molecule has 0 unspecified atom stereocenters. The van der Waals surface area contributed by atoms with Gasteiger partial charge in [-0.3, -0.25) is 4.79 Å². The third-order valence-electron chi connectivity index (χ3n) is 3.84. The number of benzene rings is 1. The quantitative estimate of drug-likeness (QED) is 0.755. The zero-order valence-electron chi connectivity index (χ0n) is 15.0. The van der Waals surface area contributed by atoms with E-state index in [9.17, 15) is 4.79 Å². The van der Waals surface area contributed by atoms with Gasteiger partial charge in [-0.25, -0.2) is 0 Å². The number of thioether (sulfide) groups is 1. The molecule has 140 valence electrons. The molecule has 1 fully saturated rings. The molecule has 0 radical (unpaired) electrons. The highest BCUT2D eigenvalue weighted by atomic mass is 32.2. The van der Waals surface area contributed by atoms with E-state index in [1.165, 1.54) is 23.1 Å². The normalized spacial score (nSPS) is 20.0. The first-order valence-corrected chi connectivity index (χ1v) is 10.1. The lowest BCUT2D eigenvalue weighted by atomic mass is 10.2. The third-order valence-corrected chi connectivity index (χ3v) is 5.80. The van der Waals surface area contributed by atoms with Gasteiger partial charge in [0.1, 0.15) is 5.75 Å². The van der Waals surface area contributed by atoms with E-state index in [-0.39, 0.29) is 18.1 Å². The van der Waals surface area contributed by atoms with Gasteiger partial charge in [-0.15, -0.1) is 10.2 Å². The second-order valence-corrected chi connectivity index (χ2v) is 8.27. The van der Waals surface area contributed by atoms with Crippen LogP contribution in [0.2, 0.25) is 0 Å². The number of methoxy groups -OCH3 is 1. The summed E-state index contributed by atoms with van der Waals surface area (Å²) in [6.45, 7) is 5.27. The Morgan fingerprint density at radius 2 is 2.00 bits per heavy atom. The van der Waals surface area contributed by atoms with Gasteiger partial charge in [0.05, 0.1) is 25.1 Å². The summed E-state index contributed by atoms with van der Waals surface area (Å²) in [5.74, 6) is 1.27. The zero-order valence-corrected chi connectivity index (χ0v) is 16.6. The molecule has 1 aromatic carbocycles. The first kappa shape index (κ1) is 18.9. The van der Waals surface area contributed by atoms with Crippen molar-refractivity contribution in [1.29, 1.82) is 0 Å². The van der Waals surface area contributed by atoms with Crippen molar-refractivity contribution in [2.45, 2.75) is 30.4 Å². The molecule has 2 aromatic rings. The largest absolute Gasteiger partial charge is 0.497 e. The fourth-order valence-corrected chi connectivity index (χ4v) is 4.39. The van der Waals surface area contributed by atoms with Crippen molar-refractivity contribution in [1.82, 2.24) is 15.1 Å². The molecule has 1 saturated heterocycles. The number of aromatic nitrogens is 2. The average Bonchev–Trinajstić information content (AvgIpc) is 3.07. The van der Waals surface area contributed by atoms with Gasteiger partial charge in [0.25, 0.3) is 0 Å². The van der Waals surface area contributed by atoms with Crippen molar-refractivity contribution in [2.75, 3.05) is 31.3 Å². The van der Waals surface area contributed by atoms with Gasteiger partial charge in [0.15, 0.2) is 4.34 Å². The Morgan fingerprint density at radius 1 is 1.31 bits per heavy atom. The molecule has 0 bridgehead atoms. The van der Waals surface area contributed by atoms with E-state index in [0.29, 0.717) is 24.0 Å². The monoisotopic (exact) mass is 394 g/mol. The Balaban J connectivity index is 1.50. The summed E-state index contributed by atoms with van der Waals surface area (Å²) >= 11 is 2.85. The van der Waals surface area contributed by atoms with Gasteiger partial charge >= 0.3 is 0 Å². The van der Waals surface area contributed by atoms with Gasteiger partial charge in [-0.2, -0.15) is 0 Å². The summed E-state index contributed by atoms with van der Waals surface area (Å²) < 4.78 is 11.6. The predicted molar refractivity (Wildman–Crippen MR) is 103 cm³/mol. The minimum atomic E-state index is 0.0783. The molecular formula is C17H22N4O3S2. The highest BCUT2D eigenvalue weighted by Gasteiger charge is 2.25. The molecule has 0 spiro atoms. The standard InChI is InChI=1S/C17H22N4O3S2/c1-11-8-21(9-12(2)24-11)15(22)10-25-17-20-19-16(26-17)18-13-4-6-14(23-3)7-5-13/h4-7,11-12H,8-10H2,1-3H3,(H,18,19)/t11-,12-/m0/s1. The molecule has 1 aliphatic rings. The predicted octanol–water partition coefficient (Wildman–Crippen LogP) is 3.02. The van der Waals surface area contributed by atoms with Crippen molar-refractivity contribution >= 4 is 39.8 Å². The van der Waals surface area contributed by atoms with Crippen molar-refractivity contribution in [2.24, 2.45) is 0 Å². The van der Waals surface area contributed by atoms with E-state index < -0.39 is 0 Å². The Bertz CT molecular complexity index is 728. The molecule has 0 aliphatic carbocycles. The van der Waals surface area contributed by atoms with Gasteiger partial charge < -0.3 is 19.7 Å². The Labute approximate surface area is 161 Å². The second kappa shape index (κ2) is 8.70. The summed E-state index contributed by atoms with van der Waals surface area (Å²) in [4.78, 5) is 14.3. The lowest BCUT2D eigenvalue weighted by Crippen LogP contribution is -2.48. The molecule has 1 aromatic heterocycles. The Hall–Kier alpha value is -1.84. The number of amides is 1. The molecule has 9 heteroatoms. The summed E-state index contributed by atoms with van der Waals surface area (Å²) in [5.41, 5.74) is 0.908. The molecule has 1 N–H and O–H groups in total. The highest BCUT2D eigenvalue weighted by Crippen LogP contribution is 2.28. The summed E-state index contributed by atoms with van der Waals surface area (Å²) in [7, 11) is 1.64. The van der Waals surface area contributed by atoms with Crippen LogP contribution in [0.25, 0.3) is 0 Å². The molecule has 0 saturated carbocycles. The van der Waals surface area contributed by atoms with Gasteiger partial charge in [0.2, 0.25) is 11.0 Å². The van der Waals surface area contributed by atoms with Crippen LogP contribution in [0.15, 0.2) is 28.6 Å². The van der Waals surface area contributed by atoms with Crippen molar-refractivity contribution in [3.63, 3.8) is 0 Å².